The van der Waals surface area contributed by atoms with Crippen molar-refractivity contribution in [1.29, 1.82) is 0 Å². The smallest absolute Gasteiger partial charge is 0.417 e. The molecule has 1 aliphatic heterocycles. The molecule has 0 bridgehead atoms. The maximum absolute atomic E-state index is 13.0. The van der Waals surface area contributed by atoms with Crippen molar-refractivity contribution in [2.24, 2.45) is 0 Å². The number of aromatic hydroxyl groups is 1. The normalized spacial score (nSPS) is 16.5. The van der Waals surface area contributed by atoms with Gasteiger partial charge in [0.1, 0.15) is 5.75 Å². The van der Waals surface area contributed by atoms with Crippen molar-refractivity contribution in [2.45, 2.75) is 19.1 Å². The summed E-state index contributed by atoms with van der Waals surface area (Å²) in [6.07, 6.45) is -4.59. The van der Waals surface area contributed by atoms with Gasteiger partial charge in [0.25, 0.3) is 0 Å². The highest BCUT2D eigenvalue weighted by Crippen LogP contribution is 2.36. The molecule has 2 N–H and O–H groups in total. The van der Waals surface area contributed by atoms with Gasteiger partial charge in [-0.25, -0.2) is 0 Å². The Bertz CT molecular complexity index is 884. The van der Waals surface area contributed by atoms with Crippen LogP contribution in [-0.2, 0) is 11.0 Å². The van der Waals surface area contributed by atoms with E-state index < -0.39 is 28.7 Å². The number of hydrogen-bond donors (Lipinski definition) is 2. The van der Waals surface area contributed by atoms with Gasteiger partial charge in [0.15, 0.2) is 0 Å². The van der Waals surface area contributed by atoms with Crippen molar-refractivity contribution in [2.75, 3.05) is 36.4 Å². The molecular weight excluding hydrogens is 407 g/mol. The molecule has 1 unspecified atom stereocenters. The van der Waals surface area contributed by atoms with Crippen LogP contribution in [0.1, 0.15) is 12.5 Å². The zero-order valence-electron chi connectivity index (χ0n) is 15.7. The van der Waals surface area contributed by atoms with Gasteiger partial charge in [-0.2, -0.15) is 13.2 Å². The molecule has 1 fully saturated rings. The molecule has 1 heterocycles. The van der Waals surface area contributed by atoms with Gasteiger partial charge in [0.05, 0.1) is 22.3 Å². The van der Waals surface area contributed by atoms with E-state index in [1.807, 2.05) is 21.9 Å². The Kier molecular flexibility index (Phi) is 6.24. The summed E-state index contributed by atoms with van der Waals surface area (Å²) in [5.41, 5.74) is -0.197. The minimum absolute atomic E-state index is 0.0476. The number of halogens is 4. The number of para-hydroxylation sites is 2. The Morgan fingerprint density at radius 1 is 1.14 bits per heavy atom. The lowest BCUT2D eigenvalue weighted by Gasteiger charge is -2.38. The lowest BCUT2D eigenvalue weighted by Crippen LogP contribution is -2.52. The molecule has 5 nitrogen and oxygen atoms in total. The molecule has 0 aliphatic carbocycles. The van der Waals surface area contributed by atoms with Crippen LogP contribution < -0.4 is 10.2 Å². The van der Waals surface area contributed by atoms with Crippen LogP contribution in [-0.4, -0.2) is 48.1 Å². The zero-order valence-corrected chi connectivity index (χ0v) is 16.5. The molecule has 1 atom stereocenters. The number of phenolic OH excluding ortho intramolecular Hbond substituents is 1. The van der Waals surface area contributed by atoms with Gasteiger partial charge in [0, 0.05) is 31.9 Å². The number of rotatable bonds is 4. The molecule has 3 rings (SSSR count). The number of nitrogens with zero attached hydrogens (tertiary/aromatic N) is 2. The lowest BCUT2D eigenvalue weighted by molar-refractivity contribution is -0.137. The number of hydrogen-bond acceptors (Lipinski definition) is 4. The molecule has 29 heavy (non-hydrogen) atoms. The van der Waals surface area contributed by atoms with Crippen LogP contribution in [0, 0.1) is 0 Å². The molecule has 2 aromatic rings. The van der Waals surface area contributed by atoms with E-state index in [4.69, 9.17) is 11.6 Å². The Morgan fingerprint density at radius 3 is 2.41 bits per heavy atom. The van der Waals surface area contributed by atoms with Crippen molar-refractivity contribution in [1.82, 2.24) is 4.90 Å². The third-order valence-corrected chi connectivity index (χ3v) is 5.33. The van der Waals surface area contributed by atoms with Crippen molar-refractivity contribution in [3.05, 3.63) is 53.1 Å². The quantitative estimate of drug-likeness (QED) is 0.767. The van der Waals surface area contributed by atoms with E-state index in [0.717, 1.165) is 17.8 Å². The largest absolute Gasteiger partial charge is 0.506 e. The van der Waals surface area contributed by atoms with Gasteiger partial charge in [-0.15, -0.1) is 0 Å². The van der Waals surface area contributed by atoms with Crippen molar-refractivity contribution >= 4 is 28.9 Å². The second-order valence-electron chi connectivity index (χ2n) is 6.87. The van der Waals surface area contributed by atoms with Gasteiger partial charge in [-0.05, 0) is 37.3 Å². The molecule has 1 amide bonds. The molecule has 0 saturated carbocycles. The number of carbonyl (C=O) groups is 1. The highest BCUT2D eigenvalue weighted by molar-refractivity contribution is 6.31. The van der Waals surface area contributed by atoms with Gasteiger partial charge >= 0.3 is 6.18 Å². The van der Waals surface area contributed by atoms with E-state index in [1.165, 1.54) is 6.07 Å². The predicted octanol–water partition coefficient (Wildman–Crippen LogP) is 4.21. The molecule has 1 aliphatic rings. The van der Waals surface area contributed by atoms with Crippen LogP contribution in [0.15, 0.2) is 42.5 Å². The Hall–Kier alpha value is -2.45. The first kappa shape index (κ1) is 21.3. The predicted molar refractivity (Wildman–Crippen MR) is 106 cm³/mol. The van der Waals surface area contributed by atoms with Crippen LogP contribution in [0.5, 0.6) is 5.75 Å². The third-order valence-electron chi connectivity index (χ3n) is 5.00. The maximum Gasteiger partial charge on any atom is 0.417 e. The highest BCUT2D eigenvalue weighted by atomic mass is 35.5. The van der Waals surface area contributed by atoms with E-state index in [-0.39, 0.29) is 11.4 Å². The molecule has 0 radical (unpaired) electrons. The SMILES string of the molecule is CC(C(=O)Nc1ccc(Cl)c(C(F)(F)F)c1)N1CCN(c2ccccc2O)CC1. The van der Waals surface area contributed by atoms with Crippen LogP contribution in [0.4, 0.5) is 24.5 Å². The lowest BCUT2D eigenvalue weighted by atomic mass is 10.1. The summed E-state index contributed by atoms with van der Waals surface area (Å²) in [6, 6.07) is 9.84. The summed E-state index contributed by atoms with van der Waals surface area (Å²) in [6.45, 7) is 4.11. The summed E-state index contributed by atoms with van der Waals surface area (Å²) >= 11 is 5.61. The summed E-state index contributed by atoms with van der Waals surface area (Å²) in [5, 5.41) is 12.1. The van der Waals surface area contributed by atoms with Crippen LogP contribution in [0.3, 0.4) is 0 Å². The van der Waals surface area contributed by atoms with Crippen LogP contribution in [0.2, 0.25) is 5.02 Å². The fraction of sp³-hybridized carbons (Fsp3) is 0.350. The van der Waals surface area contributed by atoms with Gasteiger partial charge < -0.3 is 15.3 Å². The van der Waals surface area contributed by atoms with E-state index in [0.29, 0.717) is 26.2 Å². The highest BCUT2D eigenvalue weighted by Gasteiger charge is 2.34. The minimum atomic E-state index is -4.59. The molecule has 9 heteroatoms. The molecule has 2 aromatic carbocycles. The minimum Gasteiger partial charge on any atom is -0.506 e. The van der Waals surface area contributed by atoms with Crippen molar-refractivity contribution in [3.8, 4) is 5.75 Å². The number of benzene rings is 2. The van der Waals surface area contributed by atoms with E-state index in [9.17, 15) is 23.1 Å². The topological polar surface area (TPSA) is 55.8 Å². The number of nitrogens with one attached hydrogen (secondary N) is 1. The summed E-state index contributed by atoms with van der Waals surface area (Å²) in [7, 11) is 0. The number of anilines is 2. The number of phenols is 1. The number of carbonyl (C=O) groups excluding carboxylic acids is 1. The number of piperazine rings is 1. The summed E-state index contributed by atoms with van der Waals surface area (Å²) in [5.74, 6) is -0.189. The summed E-state index contributed by atoms with van der Waals surface area (Å²) < 4.78 is 39.0. The fourth-order valence-electron chi connectivity index (χ4n) is 3.31. The Balaban J connectivity index is 1.61. The van der Waals surface area contributed by atoms with E-state index in [2.05, 4.69) is 5.32 Å². The zero-order chi connectivity index (χ0) is 21.2. The molecule has 1 saturated heterocycles. The first-order chi connectivity index (χ1) is 13.7. The van der Waals surface area contributed by atoms with Gasteiger partial charge in [-0.1, -0.05) is 23.7 Å². The van der Waals surface area contributed by atoms with E-state index in [1.54, 1.807) is 19.1 Å². The standard InChI is InChI=1S/C20H21ClF3N3O2/c1-13(19(29)25-14-6-7-16(21)15(12-14)20(22,23)24)26-8-10-27(11-9-26)17-4-2-3-5-18(17)28/h2-7,12-13,28H,8-11H2,1H3,(H,25,29). The molecule has 156 valence electrons. The first-order valence-electron chi connectivity index (χ1n) is 9.11. The Morgan fingerprint density at radius 2 is 1.79 bits per heavy atom. The second kappa shape index (κ2) is 8.51. The second-order valence-corrected chi connectivity index (χ2v) is 7.28. The van der Waals surface area contributed by atoms with Gasteiger partial charge in [-0.3, -0.25) is 9.69 Å². The fourth-order valence-corrected chi connectivity index (χ4v) is 3.54. The third kappa shape index (κ3) is 4.94. The number of alkyl halides is 3. The molecule has 0 spiro atoms. The van der Waals surface area contributed by atoms with Crippen LogP contribution >= 0.6 is 11.6 Å². The summed E-state index contributed by atoms with van der Waals surface area (Å²) in [4.78, 5) is 16.5. The maximum atomic E-state index is 13.0. The van der Waals surface area contributed by atoms with Crippen molar-refractivity contribution in [3.63, 3.8) is 0 Å². The van der Waals surface area contributed by atoms with Gasteiger partial charge in [0.2, 0.25) is 5.91 Å². The van der Waals surface area contributed by atoms with E-state index >= 15 is 0 Å². The molecular formula is C20H21ClF3N3O2. The average molecular weight is 428 g/mol. The first-order valence-corrected chi connectivity index (χ1v) is 9.49. The Labute approximate surface area is 171 Å². The average Bonchev–Trinajstić information content (AvgIpc) is 2.68. The monoisotopic (exact) mass is 427 g/mol. The van der Waals surface area contributed by atoms with Crippen molar-refractivity contribution < 1.29 is 23.1 Å². The molecule has 0 aromatic heterocycles. The van der Waals surface area contributed by atoms with Crippen LogP contribution in [0.25, 0.3) is 0 Å². The number of amides is 1.